The molecule has 3 unspecified atom stereocenters. The molecule has 12 atom stereocenters. The van der Waals surface area contributed by atoms with Crippen molar-refractivity contribution in [1.82, 2.24) is 5.32 Å². The van der Waals surface area contributed by atoms with E-state index in [0.29, 0.717) is 18.4 Å². The minimum atomic E-state index is -1.08. The summed E-state index contributed by atoms with van der Waals surface area (Å²) in [5.41, 5.74) is 1.34. The first-order chi connectivity index (χ1) is 24.0. The third-order valence-corrected chi connectivity index (χ3v) is 11.2. The summed E-state index contributed by atoms with van der Waals surface area (Å²) in [6, 6.07) is 9.57. The zero-order chi connectivity index (χ0) is 35.7. The van der Waals surface area contributed by atoms with Gasteiger partial charge in [0, 0.05) is 48.8 Å². The number of nitrogens with one attached hydrogen (secondary N) is 1. The van der Waals surface area contributed by atoms with Gasteiger partial charge in [0.05, 0.1) is 6.10 Å². The maximum atomic E-state index is 13.7. The molecule has 0 radical (unpaired) electrons. The molecule has 11 heteroatoms. The molecule has 1 aromatic rings. The van der Waals surface area contributed by atoms with Gasteiger partial charge in [0.15, 0.2) is 6.10 Å². The van der Waals surface area contributed by atoms with E-state index in [1.807, 2.05) is 81.5 Å². The molecule has 0 aromatic heterocycles. The van der Waals surface area contributed by atoms with Crippen LogP contribution in [0.25, 0.3) is 0 Å². The summed E-state index contributed by atoms with van der Waals surface area (Å²) in [5.74, 6) is -4.96. The van der Waals surface area contributed by atoms with Crippen LogP contribution in [0.2, 0.25) is 0 Å². The second-order valence-corrected chi connectivity index (χ2v) is 14.2. The minimum absolute atomic E-state index is 0.191. The lowest BCUT2D eigenvalue weighted by atomic mass is 9.57. The minimum Gasteiger partial charge on any atom is -0.456 e. The summed E-state index contributed by atoms with van der Waals surface area (Å²) < 4.78 is 30.3. The normalized spacial score (nSPS) is 37.4. The van der Waals surface area contributed by atoms with Crippen LogP contribution in [0.5, 0.6) is 0 Å². The zero-order valence-electron chi connectivity index (χ0n) is 29.2. The SMILES string of the molecule is CO[C@H]1C[C@H]2C=CC3C4C(O)[C@@H](C)[C@@H](OC(=O)C5=CC=CC5)[C@@H]3O[C@]42/C(C)=C/[C@@H](C)[C@@H]([C@@H](C)OC(=O)C(=O)NCCc2ccccc2)OC1=O. The van der Waals surface area contributed by atoms with Crippen molar-refractivity contribution in [2.75, 3.05) is 13.7 Å². The van der Waals surface area contributed by atoms with Gasteiger partial charge in [0.2, 0.25) is 0 Å². The first kappa shape index (κ1) is 35.8. The zero-order valence-corrected chi connectivity index (χ0v) is 29.2. The number of carbonyl (C=O) groups is 4. The molecule has 1 amide bonds. The van der Waals surface area contributed by atoms with Crippen LogP contribution in [0.1, 0.15) is 46.1 Å². The average Bonchev–Trinajstić information content (AvgIpc) is 3.71. The molecule has 1 spiro atoms. The van der Waals surface area contributed by atoms with E-state index in [4.69, 9.17) is 23.7 Å². The molecule has 5 aliphatic rings. The molecule has 1 saturated carbocycles. The number of amides is 1. The molecule has 2 heterocycles. The number of benzene rings is 1. The molecule has 4 bridgehead atoms. The Hall–Kier alpha value is -4.06. The van der Waals surface area contributed by atoms with Crippen molar-refractivity contribution < 1.29 is 48.0 Å². The molecule has 50 heavy (non-hydrogen) atoms. The molecule has 1 saturated heterocycles. The van der Waals surface area contributed by atoms with Crippen molar-refractivity contribution in [2.45, 2.75) is 89.2 Å². The highest BCUT2D eigenvalue weighted by Crippen LogP contribution is 2.61. The number of allylic oxidation sites excluding steroid dienone is 3. The van der Waals surface area contributed by atoms with Gasteiger partial charge in [0.1, 0.15) is 30.0 Å². The highest BCUT2D eigenvalue weighted by Gasteiger charge is 2.69. The van der Waals surface area contributed by atoms with Gasteiger partial charge >= 0.3 is 23.8 Å². The quantitative estimate of drug-likeness (QED) is 0.180. The lowest BCUT2D eigenvalue weighted by Crippen LogP contribution is -2.57. The van der Waals surface area contributed by atoms with Crippen LogP contribution in [0.4, 0.5) is 0 Å². The van der Waals surface area contributed by atoms with Crippen LogP contribution in [-0.2, 0) is 49.3 Å². The van der Waals surface area contributed by atoms with Gasteiger partial charge in [-0.15, -0.1) is 0 Å². The van der Waals surface area contributed by atoms with Crippen molar-refractivity contribution in [3.63, 3.8) is 0 Å². The monoisotopic (exact) mass is 689 g/mol. The Morgan fingerprint density at radius 2 is 1.90 bits per heavy atom. The van der Waals surface area contributed by atoms with Gasteiger partial charge in [0.25, 0.3) is 0 Å². The number of hydrogen-bond donors (Lipinski definition) is 2. The molecule has 2 fully saturated rings. The summed E-state index contributed by atoms with van der Waals surface area (Å²) in [6.07, 6.45) is 7.59. The Balaban J connectivity index is 1.24. The second kappa shape index (κ2) is 14.7. The van der Waals surface area contributed by atoms with Gasteiger partial charge in [-0.1, -0.05) is 80.6 Å². The molecule has 3 aliphatic carbocycles. The Morgan fingerprint density at radius 1 is 1.14 bits per heavy atom. The van der Waals surface area contributed by atoms with Gasteiger partial charge in [-0.25, -0.2) is 14.4 Å². The first-order valence-electron chi connectivity index (χ1n) is 17.5. The Morgan fingerprint density at radius 3 is 2.60 bits per heavy atom. The predicted octanol–water partition coefficient (Wildman–Crippen LogP) is 3.55. The number of aliphatic hydroxyl groups is 1. The fraction of sp³-hybridized carbons (Fsp3) is 0.538. The summed E-state index contributed by atoms with van der Waals surface area (Å²) in [5, 5.41) is 14.5. The van der Waals surface area contributed by atoms with Crippen LogP contribution in [0.15, 0.2) is 77.9 Å². The Kier molecular flexibility index (Phi) is 10.5. The number of aliphatic hydroxyl groups excluding tert-OH is 1. The van der Waals surface area contributed by atoms with Crippen molar-refractivity contribution in [1.29, 1.82) is 0 Å². The van der Waals surface area contributed by atoms with E-state index in [2.05, 4.69) is 5.32 Å². The topological polar surface area (TPSA) is 147 Å². The molecular formula is C39H47NO10. The first-order valence-corrected chi connectivity index (χ1v) is 17.5. The number of rotatable bonds is 8. The molecule has 6 rings (SSSR count). The Labute approximate surface area is 292 Å². The van der Waals surface area contributed by atoms with E-state index in [-0.39, 0.29) is 30.7 Å². The number of esters is 3. The molecular weight excluding hydrogens is 642 g/mol. The van der Waals surface area contributed by atoms with Crippen LogP contribution in [-0.4, -0.2) is 84.8 Å². The van der Waals surface area contributed by atoms with Gasteiger partial charge < -0.3 is 34.1 Å². The third kappa shape index (κ3) is 6.58. The highest BCUT2D eigenvalue weighted by atomic mass is 16.6. The predicted molar refractivity (Wildman–Crippen MR) is 181 cm³/mol. The van der Waals surface area contributed by atoms with E-state index in [1.165, 1.54) is 7.11 Å². The molecule has 268 valence electrons. The van der Waals surface area contributed by atoms with Crippen LogP contribution < -0.4 is 5.32 Å². The fourth-order valence-electron chi connectivity index (χ4n) is 8.61. The van der Waals surface area contributed by atoms with Crippen molar-refractivity contribution in [3.05, 3.63) is 83.5 Å². The van der Waals surface area contributed by atoms with E-state index in [0.717, 1.165) is 11.1 Å². The fourth-order valence-corrected chi connectivity index (χ4v) is 8.61. The largest absolute Gasteiger partial charge is 0.456 e. The maximum absolute atomic E-state index is 13.7. The van der Waals surface area contributed by atoms with Gasteiger partial charge in [-0.05, 0) is 44.2 Å². The van der Waals surface area contributed by atoms with Crippen molar-refractivity contribution >= 4 is 23.8 Å². The number of carbonyl (C=O) groups excluding carboxylic acids is 4. The van der Waals surface area contributed by atoms with Crippen molar-refractivity contribution in [3.8, 4) is 0 Å². The van der Waals surface area contributed by atoms with Gasteiger partial charge in [-0.2, -0.15) is 0 Å². The Bertz CT molecular complexity index is 1600. The number of hydrogen-bond acceptors (Lipinski definition) is 10. The molecule has 2 N–H and O–H groups in total. The molecule has 2 aliphatic heterocycles. The molecule has 1 aromatic carbocycles. The summed E-state index contributed by atoms with van der Waals surface area (Å²) in [7, 11) is 1.43. The molecule has 11 nitrogen and oxygen atoms in total. The van der Waals surface area contributed by atoms with Gasteiger partial charge in [-0.3, -0.25) is 4.79 Å². The smallest absolute Gasteiger partial charge is 0.397 e. The maximum Gasteiger partial charge on any atom is 0.397 e. The number of cyclic esters (lactones) is 1. The van der Waals surface area contributed by atoms with E-state index >= 15 is 0 Å². The van der Waals surface area contributed by atoms with E-state index in [9.17, 15) is 24.3 Å². The average molecular weight is 690 g/mol. The van der Waals surface area contributed by atoms with E-state index in [1.54, 1.807) is 13.0 Å². The lowest BCUT2D eigenvalue weighted by molar-refractivity contribution is -0.180. The van der Waals surface area contributed by atoms with Crippen LogP contribution in [0, 0.1) is 29.6 Å². The standard InChI is InChI=1S/C39H47NO10/c1-21-19-22(2)39-27(15-16-28-30(39)31(41)23(3)33(34(28)50-39)49-36(43)26-13-9-10-14-26)20-29(46-5)37(44)48-32(21)24(4)47-38(45)35(42)40-18-17-25-11-7-6-8-12-25/h6-13,15-16,19,21,23-24,27-34,41H,14,17-18,20H2,1-5H3,(H,40,42)/b22-19+/t21-,23-,24-,27-,28?,29+,30?,31?,32+,33-,34-,39+/m1/s1. The van der Waals surface area contributed by atoms with Crippen LogP contribution >= 0.6 is 0 Å². The highest BCUT2D eigenvalue weighted by molar-refractivity contribution is 6.32. The summed E-state index contributed by atoms with van der Waals surface area (Å²) >= 11 is 0. The number of ether oxygens (including phenoxy) is 5. The number of methoxy groups -OCH3 is 1. The van der Waals surface area contributed by atoms with E-state index < -0.39 is 77.9 Å². The van der Waals surface area contributed by atoms with Crippen molar-refractivity contribution in [2.24, 2.45) is 29.6 Å². The summed E-state index contributed by atoms with van der Waals surface area (Å²) in [4.78, 5) is 52.3. The third-order valence-electron chi connectivity index (χ3n) is 11.2. The lowest BCUT2D eigenvalue weighted by Gasteiger charge is -2.49. The van der Waals surface area contributed by atoms with Crippen LogP contribution in [0.3, 0.4) is 0 Å². The summed E-state index contributed by atoms with van der Waals surface area (Å²) in [6.45, 7) is 7.49. The second-order valence-electron chi connectivity index (χ2n) is 14.2.